The molecule has 0 saturated carbocycles. The Bertz CT molecular complexity index is 1360. The fourth-order valence-corrected chi connectivity index (χ4v) is 5.59. The number of hydrogen-bond acceptors (Lipinski definition) is 6. The van der Waals surface area contributed by atoms with Crippen LogP contribution in [0.4, 0.5) is 10.5 Å². The molecule has 0 atom stereocenters. The molecule has 1 amide bonds. The summed E-state index contributed by atoms with van der Waals surface area (Å²) >= 11 is 4.62. The first-order valence-corrected chi connectivity index (χ1v) is 14.5. The Hall–Kier alpha value is -3.43. The highest BCUT2D eigenvalue weighted by atomic mass is 32.1. The number of quaternary nitrogens is 1. The van der Waals surface area contributed by atoms with Gasteiger partial charge in [0, 0.05) is 41.4 Å². The molecule has 4 rings (SSSR count). The highest BCUT2D eigenvalue weighted by Crippen LogP contribution is 2.30. The zero-order valence-corrected chi connectivity index (χ0v) is 24.5. The lowest BCUT2D eigenvalue weighted by molar-refractivity contribution is -0.944. The van der Waals surface area contributed by atoms with Gasteiger partial charge in [-0.2, -0.15) is 0 Å². The SMILES string of the molecule is C=Cc1c(S)cccc1N1CC[N+](CCCCOc2ccc3ccc(=O)[nH]c3c2)(COC(=O)N(CC)CC)CC1. The van der Waals surface area contributed by atoms with Gasteiger partial charge in [0.2, 0.25) is 12.3 Å². The molecule has 0 spiro atoms. The van der Waals surface area contributed by atoms with Crippen LogP contribution in [0.3, 0.4) is 0 Å². The van der Waals surface area contributed by atoms with Gasteiger partial charge in [0.1, 0.15) is 5.75 Å². The summed E-state index contributed by atoms with van der Waals surface area (Å²) in [5.74, 6) is 0.740. The number of rotatable bonds is 12. The monoisotopic (exact) mass is 565 g/mol. The highest BCUT2D eigenvalue weighted by Gasteiger charge is 2.35. The maximum atomic E-state index is 12.7. The zero-order valence-electron chi connectivity index (χ0n) is 23.6. The van der Waals surface area contributed by atoms with E-state index in [1.807, 2.05) is 50.3 Å². The minimum absolute atomic E-state index is 0.125. The largest absolute Gasteiger partial charge is 0.494 e. The van der Waals surface area contributed by atoms with Crippen LogP contribution in [-0.4, -0.2) is 79.6 Å². The Morgan fingerprint density at radius 1 is 1.12 bits per heavy atom. The van der Waals surface area contributed by atoms with E-state index in [0.29, 0.717) is 26.4 Å². The number of nitrogens with zero attached hydrogens (tertiary/aromatic N) is 3. The maximum Gasteiger partial charge on any atom is 0.414 e. The van der Waals surface area contributed by atoms with Crippen molar-refractivity contribution in [1.82, 2.24) is 9.88 Å². The number of thiol groups is 1. The molecule has 40 heavy (non-hydrogen) atoms. The van der Waals surface area contributed by atoms with Gasteiger partial charge >= 0.3 is 6.09 Å². The van der Waals surface area contributed by atoms with Crippen molar-refractivity contribution in [3.05, 3.63) is 71.0 Å². The Morgan fingerprint density at radius 2 is 1.88 bits per heavy atom. The number of nitrogens with one attached hydrogen (secondary N) is 1. The van der Waals surface area contributed by atoms with Crippen molar-refractivity contribution in [3.8, 4) is 5.75 Å². The Labute approximate surface area is 242 Å². The number of amides is 1. The minimum atomic E-state index is -0.251. The van der Waals surface area contributed by atoms with Crippen LogP contribution >= 0.6 is 12.6 Å². The van der Waals surface area contributed by atoms with E-state index in [1.54, 1.807) is 11.0 Å². The standard InChI is InChI=1S/C31H40N4O4S/c1-4-26-28(10-9-11-29(26)40)34-16-19-35(20-17-34,23-39-31(37)33(5-2)6-3)18-7-8-21-38-25-14-12-24-13-15-30(36)32-27(24)22-25/h4,9-15,22H,1,5-8,16-21,23H2,2-3H3,(H-,32,36,40)/p+1. The van der Waals surface area contributed by atoms with Crippen LogP contribution in [0.5, 0.6) is 5.75 Å². The number of carbonyl (C=O) groups is 1. The van der Waals surface area contributed by atoms with Crippen LogP contribution in [-0.2, 0) is 4.74 Å². The third kappa shape index (κ3) is 7.20. The number of aromatic amines is 1. The van der Waals surface area contributed by atoms with Crippen molar-refractivity contribution in [2.24, 2.45) is 0 Å². The van der Waals surface area contributed by atoms with Crippen LogP contribution < -0.4 is 15.2 Å². The summed E-state index contributed by atoms with van der Waals surface area (Å²) in [6, 6.07) is 15.2. The number of hydrogen-bond donors (Lipinski definition) is 2. The van der Waals surface area contributed by atoms with E-state index in [1.165, 1.54) is 6.07 Å². The molecule has 1 aromatic heterocycles. The quantitative estimate of drug-likeness (QED) is 0.175. The molecule has 8 nitrogen and oxygen atoms in total. The lowest BCUT2D eigenvalue weighted by atomic mass is 10.1. The molecule has 1 fully saturated rings. The lowest BCUT2D eigenvalue weighted by Gasteiger charge is -2.45. The summed E-state index contributed by atoms with van der Waals surface area (Å²) in [5, 5.41) is 0.970. The molecule has 2 aromatic carbocycles. The summed E-state index contributed by atoms with van der Waals surface area (Å²) in [7, 11) is 0. The molecule has 0 radical (unpaired) electrons. The van der Waals surface area contributed by atoms with Crippen LogP contribution in [0.1, 0.15) is 32.3 Å². The number of H-pyrrole nitrogens is 1. The van der Waals surface area contributed by atoms with E-state index in [4.69, 9.17) is 9.47 Å². The van der Waals surface area contributed by atoms with E-state index in [0.717, 1.165) is 82.8 Å². The van der Waals surface area contributed by atoms with Gasteiger partial charge in [-0.25, -0.2) is 4.79 Å². The minimum Gasteiger partial charge on any atom is -0.494 e. The molecule has 0 unspecified atom stereocenters. The van der Waals surface area contributed by atoms with Crippen LogP contribution in [0.25, 0.3) is 17.0 Å². The summed E-state index contributed by atoms with van der Waals surface area (Å²) in [4.78, 5) is 32.2. The summed E-state index contributed by atoms with van der Waals surface area (Å²) in [6.07, 6.45) is 3.43. The van der Waals surface area contributed by atoms with Crippen molar-refractivity contribution in [2.75, 3.05) is 64.1 Å². The van der Waals surface area contributed by atoms with Crippen molar-refractivity contribution < 1.29 is 18.8 Å². The number of pyridine rings is 1. The van der Waals surface area contributed by atoms with E-state index >= 15 is 0 Å². The van der Waals surface area contributed by atoms with Gasteiger partial charge in [-0.15, -0.1) is 12.6 Å². The number of ether oxygens (including phenoxy) is 2. The number of anilines is 1. The van der Waals surface area contributed by atoms with E-state index in [2.05, 4.69) is 35.2 Å². The second-order valence-electron chi connectivity index (χ2n) is 10.3. The molecule has 0 aliphatic carbocycles. The molecule has 3 aromatic rings. The Kier molecular flexibility index (Phi) is 10.2. The molecule has 1 saturated heterocycles. The fraction of sp³-hybridized carbons (Fsp3) is 0.419. The van der Waals surface area contributed by atoms with E-state index in [9.17, 15) is 9.59 Å². The number of unbranched alkanes of at least 4 members (excludes halogenated alkanes) is 1. The zero-order chi connectivity index (χ0) is 28.5. The maximum absolute atomic E-state index is 12.7. The Morgan fingerprint density at radius 3 is 2.60 bits per heavy atom. The summed E-state index contributed by atoms with van der Waals surface area (Å²) in [6.45, 7) is 14.5. The average molecular weight is 566 g/mol. The molecule has 0 bridgehead atoms. The first kappa shape index (κ1) is 29.6. The fourth-order valence-electron chi connectivity index (χ4n) is 5.30. The average Bonchev–Trinajstić information content (AvgIpc) is 2.96. The molecule has 1 aliphatic rings. The van der Waals surface area contributed by atoms with Gasteiger partial charge in [0.15, 0.2) is 0 Å². The molecule has 2 heterocycles. The number of fused-ring (bicyclic) bond motifs is 1. The third-order valence-corrected chi connectivity index (χ3v) is 8.16. The van der Waals surface area contributed by atoms with Gasteiger partial charge < -0.3 is 24.3 Å². The molecule has 9 heteroatoms. The lowest BCUT2D eigenvalue weighted by Crippen LogP contribution is -2.61. The van der Waals surface area contributed by atoms with Crippen molar-refractivity contribution in [2.45, 2.75) is 31.6 Å². The number of benzene rings is 2. The predicted octanol–water partition coefficient (Wildman–Crippen LogP) is 5.39. The highest BCUT2D eigenvalue weighted by molar-refractivity contribution is 7.80. The first-order valence-electron chi connectivity index (χ1n) is 14.1. The molecule has 214 valence electrons. The normalized spacial score (nSPS) is 14.6. The van der Waals surface area contributed by atoms with Gasteiger partial charge in [-0.05, 0) is 62.4 Å². The topological polar surface area (TPSA) is 74.9 Å². The molecular weight excluding hydrogens is 524 g/mol. The Balaban J connectivity index is 1.37. The van der Waals surface area contributed by atoms with Gasteiger partial charge in [0.05, 0.1) is 44.8 Å². The summed E-state index contributed by atoms with van der Waals surface area (Å²) in [5.41, 5.74) is 2.84. The second kappa shape index (κ2) is 13.8. The van der Waals surface area contributed by atoms with Crippen molar-refractivity contribution in [1.29, 1.82) is 0 Å². The van der Waals surface area contributed by atoms with Gasteiger partial charge in [-0.3, -0.25) is 9.28 Å². The third-order valence-electron chi connectivity index (χ3n) is 7.77. The van der Waals surface area contributed by atoms with Crippen LogP contribution in [0.2, 0.25) is 0 Å². The second-order valence-corrected chi connectivity index (χ2v) is 10.7. The molecular formula is C31H41N4O4S+. The van der Waals surface area contributed by atoms with Gasteiger partial charge in [0.25, 0.3) is 0 Å². The van der Waals surface area contributed by atoms with Crippen molar-refractivity contribution >= 4 is 41.4 Å². The predicted molar refractivity (Wildman–Crippen MR) is 164 cm³/mol. The van der Waals surface area contributed by atoms with Crippen LogP contribution in [0.15, 0.2) is 64.8 Å². The summed E-state index contributed by atoms with van der Waals surface area (Å²) < 4.78 is 12.6. The smallest absolute Gasteiger partial charge is 0.414 e. The van der Waals surface area contributed by atoms with Crippen molar-refractivity contribution in [3.63, 3.8) is 0 Å². The molecule has 1 aliphatic heterocycles. The number of piperazine rings is 1. The first-order chi connectivity index (χ1) is 19.4. The molecule has 1 N–H and O–H groups in total. The van der Waals surface area contributed by atoms with E-state index in [-0.39, 0.29) is 11.7 Å². The van der Waals surface area contributed by atoms with Gasteiger partial charge in [-0.1, -0.05) is 18.7 Å². The number of aromatic nitrogens is 1. The van der Waals surface area contributed by atoms with E-state index < -0.39 is 0 Å². The number of carbonyl (C=O) groups excluding carboxylic acids is 1. The van der Waals surface area contributed by atoms with Crippen LogP contribution in [0, 0.1) is 0 Å².